The molecule has 1 aromatic rings. The normalized spacial score (nSPS) is 11.6. The summed E-state index contributed by atoms with van der Waals surface area (Å²) in [5.74, 6) is 0. The lowest BCUT2D eigenvalue weighted by atomic mass is 10.2. The zero-order valence-corrected chi connectivity index (χ0v) is 11.2. The third-order valence-corrected chi connectivity index (χ3v) is 3.19. The maximum Gasteiger partial charge on any atom is 0.446 e. The zero-order chi connectivity index (χ0) is 13.4. The topological polar surface area (TPSA) is 12.0 Å². The van der Waals surface area contributed by atoms with Gasteiger partial charge >= 0.3 is 5.51 Å². The van der Waals surface area contributed by atoms with Gasteiger partial charge in [0.1, 0.15) is 0 Å². The van der Waals surface area contributed by atoms with Gasteiger partial charge in [-0.1, -0.05) is 26.2 Å². The monoisotopic (exact) mass is 277 g/mol. The Morgan fingerprint density at radius 2 is 1.72 bits per heavy atom. The predicted molar refractivity (Wildman–Crippen MR) is 71.0 cm³/mol. The molecule has 0 aliphatic rings. The van der Waals surface area contributed by atoms with Crippen LogP contribution in [0.15, 0.2) is 29.2 Å². The Morgan fingerprint density at radius 3 is 2.28 bits per heavy atom. The van der Waals surface area contributed by atoms with E-state index in [0.29, 0.717) is 0 Å². The van der Waals surface area contributed by atoms with E-state index in [4.69, 9.17) is 0 Å². The third kappa shape index (κ3) is 6.79. The van der Waals surface area contributed by atoms with Crippen LogP contribution in [0, 0.1) is 0 Å². The average molecular weight is 277 g/mol. The van der Waals surface area contributed by atoms with Gasteiger partial charge in [0, 0.05) is 17.1 Å². The molecule has 0 spiro atoms. The Bertz CT molecular complexity index is 335. The van der Waals surface area contributed by atoms with E-state index in [1.54, 1.807) is 12.1 Å². The van der Waals surface area contributed by atoms with E-state index in [9.17, 15) is 13.2 Å². The molecule has 1 rings (SSSR count). The molecule has 0 atom stereocenters. The van der Waals surface area contributed by atoms with Gasteiger partial charge in [0.05, 0.1) is 0 Å². The fraction of sp³-hybridized carbons (Fsp3) is 0.538. The van der Waals surface area contributed by atoms with Crippen molar-refractivity contribution in [3.63, 3.8) is 0 Å². The number of halogens is 3. The predicted octanol–water partition coefficient (Wildman–Crippen LogP) is 5.29. The molecule has 0 fully saturated rings. The van der Waals surface area contributed by atoms with Crippen LogP contribution < -0.4 is 5.32 Å². The molecule has 0 unspecified atom stereocenters. The van der Waals surface area contributed by atoms with Gasteiger partial charge in [-0.25, -0.2) is 0 Å². The third-order valence-electron chi connectivity index (χ3n) is 2.45. The van der Waals surface area contributed by atoms with Gasteiger partial charge in [-0.2, -0.15) is 13.2 Å². The van der Waals surface area contributed by atoms with Crippen LogP contribution in [0.3, 0.4) is 0 Å². The molecule has 0 amide bonds. The minimum Gasteiger partial charge on any atom is -0.385 e. The van der Waals surface area contributed by atoms with Crippen LogP contribution in [0.1, 0.15) is 32.6 Å². The van der Waals surface area contributed by atoms with Crippen molar-refractivity contribution < 1.29 is 13.2 Å². The molecule has 1 N–H and O–H groups in total. The summed E-state index contributed by atoms with van der Waals surface area (Å²) in [5, 5.41) is 3.20. The maximum atomic E-state index is 12.1. The second kappa shape index (κ2) is 7.56. The van der Waals surface area contributed by atoms with Gasteiger partial charge in [0.2, 0.25) is 0 Å². The molecule has 0 saturated carbocycles. The van der Waals surface area contributed by atoms with E-state index in [1.165, 1.54) is 31.4 Å². The lowest BCUT2D eigenvalue weighted by Gasteiger charge is -2.08. The number of hydrogen-bond acceptors (Lipinski definition) is 2. The molecule has 18 heavy (non-hydrogen) atoms. The molecule has 0 aliphatic carbocycles. The largest absolute Gasteiger partial charge is 0.446 e. The number of alkyl halides is 3. The molecule has 0 heterocycles. The molecule has 0 radical (unpaired) electrons. The summed E-state index contributed by atoms with van der Waals surface area (Å²) in [7, 11) is 0. The minimum absolute atomic E-state index is 0.0834. The Morgan fingerprint density at radius 1 is 1.06 bits per heavy atom. The van der Waals surface area contributed by atoms with Crippen LogP contribution in [-0.2, 0) is 0 Å². The average Bonchev–Trinajstić information content (AvgIpc) is 2.29. The lowest BCUT2D eigenvalue weighted by molar-refractivity contribution is -0.0328. The number of benzene rings is 1. The van der Waals surface area contributed by atoms with Gasteiger partial charge in [0.25, 0.3) is 0 Å². The van der Waals surface area contributed by atoms with Gasteiger partial charge in [0.15, 0.2) is 0 Å². The zero-order valence-electron chi connectivity index (χ0n) is 10.4. The fourth-order valence-electron chi connectivity index (χ4n) is 1.56. The second-order valence-corrected chi connectivity index (χ2v) is 5.20. The Labute approximate surface area is 110 Å². The van der Waals surface area contributed by atoms with E-state index >= 15 is 0 Å². The Kier molecular flexibility index (Phi) is 6.39. The first-order chi connectivity index (χ1) is 8.51. The first kappa shape index (κ1) is 15.2. The molecule has 1 nitrogen and oxygen atoms in total. The van der Waals surface area contributed by atoms with E-state index in [0.717, 1.165) is 18.7 Å². The van der Waals surface area contributed by atoms with Crippen molar-refractivity contribution in [3.05, 3.63) is 24.3 Å². The highest BCUT2D eigenvalue weighted by Gasteiger charge is 2.28. The smallest absolute Gasteiger partial charge is 0.385 e. The minimum atomic E-state index is -4.21. The number of rotatable bonds is 7. The molecule has 0 bridgehead atoms. The summed E-state index contributed by atoms with van der Waals surface area (Å²) in [6, 6.07) is 6.36. The van der Waals surface area contributed by atoms with Crippen LogP contribution in [-0.4, -0.2) is 12.1 Å². The summed E-state index contributed by atoms with van der Waals surface area (Å²) in [6.07, 6.45) is 4.70. The van der Waals surface area contributed by atoms with Crippen molar-refractivity contribution in [1.29, 1.82) is 0 Å². The van der Waals surface area contributed by atoms with Gasteiger partial charge in [-0.15, -0.1) is 0 Å². The van der Waals surface area contributed by atoms with E-state index < -0.39 is 5.51 Å². The summed E-state index contributed by atoms with van der Waals surface area (Å²) in [5.41, 5.74) is -3.34. The molecule has 5 heteroatoms. The van der Waals surface area contributed by atoms with Gasteiger partial charge < -0.3 is 5.32 Å². The van der Waals surface area contributed by atoms with Crippen LogP contribution in [0.25, 0.3) is 0 Å². The number of thioether (sulfide) groups is 1. The number of hydrogen-bond donors (Lipinski definition) is 1. The molecular weight excluding hydrogens is 259 g/mol. The molecule has 1 aromatic carbocycles. The number of nitrogens with one attached hydrogen (secondary N) is 1. The Hall–Kier alpha value is -0.840. The Balaban J connectivity index is 2.32. The van der Waals surface area contributed by atoms with Crippen molar-refractivity contribution in [3.8, 4) is 0 Å². The maximum absolute atomic E-state index is 12.1. The molecule has 0 saturated heterocycles. The second-order valence-electron chi connectivity index (χ2n) is 4.06. The first-order valence-electron chi connectivity index (χ1n) is 6.11. The molecular formula is C13H18F3NS. The number of anilines is 1. The highest BCUT2D eigenvalue weighted by molar-refractivity contribution is 8.00. The highest BCUT2D eigenvalue weighted by Crippen LogP contribution is 2.36. The van der Waals surface area contributed by atoms with Crippen molar-refractivity contribution in [2.45, 2.75) is 43.0 Å². The lowest BCUT2D eigenvalue weighted by Crippen LogP contribution is -2.02. The summed E-state index contributed by atoms with van der Waals surface area (Å²) >= 11 is -0.0834. The van der Waals surface area contributed by atoms with E-state index in [1.807, 2.05) is 0 Å². The summed E-state index contributed by atoms with van der Waals surface area (Å²) < 4.78 is 36.3. The molecule has 102 valence electrons. The van der Waals surface area contributed by atoms with Crippen LogP contribution >= 0.6 is 11.8 Å². The SMILES string of the molecule is CCCCCCNc1ccc(SC(F)(F)F)cc1. The van der Waals surface area contributed by atoms with E-state index in [2.05, 4.69) is 12.2 Å². The van der Waals surface area contributed by atoms with Crippen molar-refractivity contribution in [2.75, 3.05) is 11.9 Å². The molecule has 0 aliphatic heterocycles. The van der Waals surface area contributed by atoms with Crippen LogP contribution in [0.2, 0.25) is 0 Å². The summed E-state index contributed by atoms with van der Waals surface area (Å²) in [6.45, 7) is 3.02. The quantitative estimate of drug-likeness (QED) is 0.537. The number of unbranched alkanes of at least 4 members (excludes halogenated alkanes) is 3. The standard InChI is InChI=1S/C13H18F3NS/c1-2-3-4-5-10-17-11-6-8-12(9-7-11)18-13(14,15)16/h6-9,17H,2-5,10H2,1H3. The van der Waals surface area contributed by atoms with Crippen molar-refractivity contribution >= 4 is 17.4 Å². The summed E-state index contributed by atoms with van der Waals surface area (Å²) in [4.78, 5) is 0.221. The first-order valence-corrected chi connectivity index (χ1v) is 6.92. The van der Waals surface area contributed by atoms with Crippen LogP contribution in [0.5, 0.6) is 0 Å². The fourth-order valence-corrected chi connectivity index (χ4v) is 2.10. The highest BCUT2D eigenvalue weighted by atomic mass is 32.2. The van der Waals surface area contributed by atoms with Gasteiger partial charge in [-0.3, -0.25) is 0 Å². The van der Waals surface area contributed by atoms with Crippen molar-refractivity contribution in [1.82, 2.24) is 0 Å². The van der Waals surface area contributed by atoms with Crippen molar-refractivity contribution in [2.24, 2.45) is 0 Å². The van der Waals surface area contributed by atoms with E-state index in [-0.39, 0.29) is 16.7 Å². The van der Waals surface area contributed by atoms with Crippen LogP contribution in [0.4, 0.5) is 18.9 Å². The van der Waals surface area contributed by atoms with Gasteiger partial charge in [-0.05, 0) is 42.4 Å². The molecule has 0 aromatic heterocycles.